The molecule has 1 aromatic rings. The second-order valence-electron chi connectivity index (χ2n) is 5.21. The summed E-state index contributed by atoms with van der Waals surface area (Å²) in [5.74, 6) is -0.617. The van der Waals surface area contributed by atoms with E-state index in [0.717, 1.165) is 5.56 Å². The molecule has 1 unspecified atom stereocenters. The van der Waals surface area contributed by atoms with Crippen molar-refractivity contribution in [1.82, 2.24) is 4.90 Å². The number of amides is 1. The SMILES string of the molecule is COC(=O)[C@H](Cc1ccc(O)cc1)N1CC(CO)CC1=O. The minimum atomic E-state index is -0.705. The molecule has 21 heavy (non-hydrogen) atoms. The van der Waals surface area contributed by atoms with Gasteiger partial charge in [0.05, 0.1) is 7.11 Å². The van der Waals surface area contributed by atoms with E-state index >= 15 is 0 Å². The van der Waals surface area contributed by atoms with Crippen LogP contribution in [0.3, 0.4) is 0 Å². The van der Waals surface area contributed by atoms with Crippen molar-refractivity contribution in [3.05, 3.63) is 29.8 Å². The number of hydrogen-bond donors (Lipinski definition) is 2. The number of carbonyl (C=O) groups excluding carboxylic acids is 2. The second-order valence-corrected chi connectivity index (χ2v) is 5.21. The van der Waals surface area contributed by atoms with Crippen LogP contribution < -0.4 is 0 Å². The van der Waals surface area contributed by atoms with Gasteiger partial charge in [0.2, 0.25) is 5.91 Å². The molecule has 0 bridgehead atoms. The second kappa shape index (κ2) is 6.58. The summed E-state index contributed by atoms with van der Waals surface area (Å²) in [6.07, 6.45) is 0.566. The number of rotatable bonds is 5. The van der Waals surface area contributed by atoms with Crippen molar-refractivity contribution < 1.29 is 24.5 Å². The summed E-state index contributed by atoms with van der Waals surface area (Å²) >= 11 is 0. The number of benzene rings is 1. The molecular weight excluding hydrogens is 274 g/mol. The third-order valence-electron chi connectivity index (χ3n) is 3.71. The maximum absolute atomic E-state index is 12.0. The molecule has 1 aliphatic heterocycles. The number of aliphatic hydroxyl groups is 1. The summed E-state index contributed by atoms with van der Waals surface area (Å²) in [7, 11) is 1.29. The average Bonchev–Trinajstić information content (AvgIpc) is 2.87. The molecule has 1 aliphatic rings. The lowest BCUT2D eigenvalue weighted by atomic mass is 10.0. The third kappa shape index (κ3) is 3.52. The fourth-order valence-corrected chi connectivity index (χ4v) is 2.54. The van der Waals surface area contributed by atoms with Gasteiger partial charge in [-0.1, -0.05) is 12.1 Å². The predicted octanol–water partition coefficient (Wildman–Crippen LogP) is 0.317. The van der Waals surface area contributed by atoms with Gasteiger partial charge in [0.1, 0.15) is 11.8 Å². The fraction of sp³-hybridized carbons (Fsp3) is 0.467. The first kappa shape index (κ1) is 15.3. The van der Waals surface area contributed by atoms with Gasteiger partial charge in [-0.25, -0.2) is 4.79 Å². The van der Waals surface area contributed by atoms with E-state index in [1.54, 1.807) is 12.1 Å². The molecular formula is C15H19NO5. The third-order valence-corrected chi connectivity index (χ3v) is 3.71. The first-order valence-corrected chi connectivity index (χ1v) is 6.81. The van der Waals surface area contributed by atoms with E-state index < -0.39 is 12.0 Å². The lowest BCUT2D eigenvalue weighted by Gasteiger charge is -2.26. The number of aromatic hydroxyl groups is 1. The highest BCUT2D eigenvalue weighted by Gasteiger charge is 2.37. The Balaban J connectivity index is 2.17. The molecule has 0 aromatic heterocycles. The summed E-state index contributed by atoms with van der Waals surface area (Å²) in [5, 5.41) is 18.5. The number of aliphatic hydroxyl groups excluding tert-OH is 1. The number of likely N-dealkylation sites (tertiary alicyclic amines) is 1. The molecule has 114 valence electrons. The highest BCUT2D eigenvalue weighted by Crippen LogP contribution is 2.23. The van der Waals surface area contributed by atoms with Crippen molar-refractivity contribution in [1.29, 1.82) is 0 Å². The van der Waals surface area contributed by atoms with E-state index in [4.69, 9.17) is 4.74 Å². The Kier molecular flexibility index (Phi) is 4.80. The lowest BCUT2D eigenvalue weighted by Crippen LogP contribution is -2.44. The molecule has 1 amide bonds. The summed E-state index contributed by atoms with van der Waals surface area (Å²) in [4.78, 5) is 25.5. The quantitative estimate of drug-likeness (QED) is 0.763. The molecule has 2 N–H and O–H groups in total. The summed E-state index contributed by atoms with van der Waals surface area (Å²) in [6, 6.07) is 5.77. The van der Waals surface area contributed by atoms with Crippen LogP contribution in [0.4, 0.5) is 0 Å². The highest BCUT2D eigenvalue weighted by molar-refractivity contribution is 5.86. The molecule has 0 spiro atoms. The van der Waals surface area contributed by atoms with Gasteiger partial charge in [0.15, 0.2) is 0 Å². The number of methoxy groups -OCH3 is 1. The van der Waals surface area contributed by atoms with Crippen LogP contribution >= 0.6 is 0 Å². The Bertz CT molecular complexity index is 513. The van der Waals surface area contributed by atoms with Crippen molar-refractivity contribution in [3.8, 4) is 5.75 Å². The average molecular weight is 293 g/mol. The first-order chi connectivity index (χ1) is 10.0. The number of phenols is 1. The summed E-state index contributed by atoms with van der Waals surface area (Å²) in [6.45, 7) is 0.280. The van der Waals surface area contributed by atoms with Crippen molar-refractivity contribution in [2.24, 2.45) is 5.92 Å². The van der Waals surface area contributed by atoms with E-state index in [1.165, 1.54) is 24.1 Å². The number of phenolic OH excluding ortho intramolecular Hbond substituents is 1. The zero-order chi connectivity index (χ0) is 15.4. The molecule has 1 saturated heterocycles. The Labute approximate surface area is 122 Å². The van der Waals surface area contributed by atoms with Gasteiger partial charge in [-0.15, -0.1) is 0 Å². The summed E-state index contributed by atoms with van der Waals surface area (Å²) < 4.78 is 4.79. The van der Waals surface area contributed by atoms with Gasteiger partial charge >= 0.3 is 5.97 Å². The van der Waals surface area contributed by atoms with Crippen LogP contribution in [-0.2, 0) is 20.7 Å². The number of esters is 1. The van der Waals surface area contributed by atoms with Crippen LogP contribution in [-0.4, -0.2) is 53.3 Å². The molecule has 2 rings (SSSR count). The molecule has 2 atom stereocenters. The Morgan fingerprint density at radius 3 is 2.62 bits per heavy atom. The zero-order valence-electron chi connectivity index (χ0n) is 11.9. The van der Waals surface area contributed by atoms with Gasteiger partial charge in [-0.2, -0.15) is 0 Å². The molecule has 0 aliphatic carbocycles. The Morgan fingerprint density at radius 2 is 2.10 bits per heavy atom. The number of nitrogens with zero attached hydrogens (tertiary/aromatic N) is 1. The van der Waals surface area contributed by atoms with Crippen LogP contribution in [0.5, 0.6) is 5.75 Å². The highest BCUT2D eigenvalue weighted by atomic mass is 16.5. The van der Waals surface area contributed by atoms with Crippen molar-refractivity contribution in [2.75, 3.05) is 20.3 Å². The van der Waals surface area contributed by atoms with Gasteiger partial charge < -0.3 is 19.8 Å². The Hall–Kier alpha value is -2.08. The van der Waals surface area contributed by atoms with Crippen LogP contribution in [0.1, 0.15) is 12.0 Å². The van der Waals surface area contributed by atoms with Crippen molar-refractivity contribution in [3.63, 3.8) is 0 Å². The number of carbonyl (C=O) groups is 2. The van der Waals surface area contributed by atoms with Gasteiger partial charge in [-0.3, -0.25) is 4.79 Å². The van der Waals surface area contributed by atoms with Crippen LogP contribution in [0.2, 0.25) is 0 Å². The minimum absolute atomic E-state index is 0.0741. The first-order valence-electron chi connectivity index (χ1n) is 6.81. The zero-order valence-corrected chi connectivity index (χ0v) is 11.9. The molecule has 1 fully saturated rings. The van der Waals surface area contributed by atoms with E-state index in [0.29, 0.717) is 13.0 Å². The van der Waals surface area contributed by atoms with Crippen molar-refractivity contribution >= 4 is 11.9 Å². The monoisotopic (exact) mass is 293 g/mol. The molecule has 0 saturated carbocycles. The van der Waals surface area contributed by atoms with Gasteiger partial charge in [0.25, 0.3) is 0 Å². The maximum Gasteiger partial charge on any atom is 0.328 e. The van der Waals surface area contributed by atoms with Crippen molar-refractivity contribution in [2.45, 2.75) is 18.9 Å². The standard InChI is InChI=1S/C15H19NO5/c1-21-15(20)13(6-10-2-4-12(18)5-3-10)16-8-11(9-17)7-14(16)19/h2-5,11,13,17-18H,6-9H2,1H3/t11?,13-/m0/s1. The molecule has 1 heterocycles. The van der Waals surface area contributed by atoms with E-state index in [9.17, 15) is 19.8 Å². The number of hydrogen-bond acceptors (Lipinski definition) is 5. The van der Waals surface area contributed by atoms with E-state index in [-0.39, 0.29) is 30.6 Å². The van der Waals surface area contributed by atoms with Crippen LogP contribution in [0.15, 0.2) is 24.3 Å². The summed E-state index contributed by atoms with van der Waals surface area (Å²) in [5.41, 5.74) is 0.823. The Morgan fingerprint density at radius 1 is 1.43 bits per heavy atom. The molecule has 6 nitrogen and oxygen atoms in total. The van der Waals surface area contributed by atoms with E-state index in [1.807, 2.05) is 0 Å². The maximum atomic E-state index is 12.0. The molecule has 1 aromatic carbocycles. The van der Waals surface area contributed by atoms with Gasteiger partial charge in [0, 0.05) is 31.9 Å². The predicted molar refractivity (Wildman–Crippen MR) is 74.5 cm³/mol. The molecule has 0 radical (unpaired) electrons. The smallest absolute Gasteiger partial charge is 0.328 e. The topological polar surface area (TPSA) is 87.1 Å². The van der Waals surface area contributed by atoms with Gasteiger partial charge in [-0.05, 0) is 17.7 Å². The van der Waals surface area contributed by atoms with Crippen LogP contribution in [0, 0.1) is 5.92 Å². The lowest BCUT2D eigenvalue weighted by molar-refractivity contribution is -0.151. The van der Waals surface area contributed by atoms with Crippen LogP contribution in [0.25, 0.3) is 0 Å². The minimum Gasteiger partial charge on any atom is -0.508 e. The normalized spacial score (nSPS) is 19.6. The molecule has 6 heteroatoms. The largest absolute Gasteiger partial charge is 0.508 e. The number of ether oxygens (including phenoxy) is 1. The van der Waals surface area contributed by atoms with E-state index in [2.05, 4.69) is 0 Å². The fourth-order valence-electron chi connectivity index (χ4n) is 2.54.